The molecule has 0 aromatic heterocycles. The minimum Gasteiger partial charge on any atom is -0.348 e. The maximum atomic E-state index is 14.9. The number of hydrogen-bond donors (Lipinski definition) is 0. The Balaban J connectivity index is 1.54. The van der Waals surface area contributed by atoms with Gasteiger partial charge in [-0.1, -0.05) is 44.0 Å². The van der Waals surface area contributed by atoms with Crippen molar-refractivity contribution >= 4 is 0 Å². The van der Waals surface area contributed by atoms with Crippen molar-refractivity contribution in [2.75, 3.05) is 13.2 Å². The predicted molar refractivity (Wildman–Crippen MR) is 120 cm³/mol. The number of halogens is 7. The number of benzene rings is 3. The van der Waals surface area contributed by atoms with Crippen molar-refractivity contribution in [1.82, 2.24) is 0 Å². The quantitative estimate of drug-likeness (QED) is 0.309. The van der Waals surface area contributed by atoms with Crippen molar-refractivity contribution in [3.8, 4) is 22.3 Å². The fourth-order valence-corrected chi connectivity index (χ4v) is 4.22. The molecule has 192 valence electrons. The van der Waals surface area contributed by atoms with E-state index in [1.165, 1.54) is 18.2 Å². The molecule has 0 aliphatic carbocycles. The van der Waals surface area contributed by atoms with Crippen molar-refractivity contribution in [3.05, 3.63) is 82.9 Å². The highest BCUT2D eigenvalue weighted by molar-refractivity contribution is 5.72. The number of ether oxygens (including phenoxy) is 2. The predicted octanol–water partition coefficient (Wildman–Crippen LogP) is 8.45. The number of alkyl halides is 3. The van der Waals surface area contributed by atoms with E-state index in [1.807, 2.05) is 0 Å². The standard InChI is InChI=1S/C27H23F7O2/c1-2-3-4-15-13-35-26(36-14-15)17-6-8-19(22(29)10-17)16-5-7-20(21(28)9-16)18-11-23(30)25(24(31)12-18)27(32,33)34/h5-12,15,26H,2-4,13-14H2,1H3. The minimum absolute atomic E-state index is 0.0608. The average molecular weight is 512 g/mol. The van der Waals surface area contributed by atoms with Gasteiger partial charge in [0, 0.05) is 22.6 Å². The van der Waals surface area contributed by atoms with Crippen LogP contribution in [0.5, 0.6) is 0 Å². The van der Waals surface area contributed by atoms with E-state index in [0.717, 1.165) is 31.4 Å². The maximum absolute atomic E-state index is 14.9. The zero-order chi connectivity index (χ0) is 26.0. The summed E-state index contributed by atoms with van der Waals surface area (Å²) in [6.45, 7) is 3.11. The lowest BCUT2D eigenvalue weighted by Gasteiger charge is -2.29. The monoisotopic (exact) mass is 512 g/mol. The maximum Gasteiger partial charge on any atom is 0.422 e. The largest absolute Gasteiger partial charge is 0.422 e. The molecule has 0 spiro atoms. The summed E-state index contributed by atoms with van der Waals surface area (Å²) < 4.78 is 107. The number of unbranched alkanes of at least 4 members (excludes halogenated alkanes) is 1. The lowest BCUT2D eigenvalue weighted by atomic mass is 9.97. The van der Waals surface area contributed by atoms with Gasteiger partial charge >= 0.3 is 6.18 Å². The van der Waals surface area contributed by atoms with Gasteiger partial charge < -0.3 is 9.47 Å². The summed E-state index contributed by atoms with van der Waals surface area (Å²) in [7, 11) is 0. The van der Waals surface area contributed by atoms with Gasteiger partial charge in [0.15, 0.2) is 6.29 Å². The lowest BCUT2D eigenvalue weighted by Crippen LogP contribution is -2.27. The van der Waals surface area contributed by atoms with E-state index in [0.29, 0.717) is 36.8 Å². The van der Waals surface area contributed by atoms with Crippen LogP contribution in [-0.4, -0.2) is 13.2 Å². The van der Waals surface area contributed by atoms with Crippen LogP contribution in [0, 0.1) is 29.2 Å². The molecule has 0 unspecified atom stereocenters. The van der Waals surface area contributed by atoms with Crippen LogP contribution in [-0.2, 0) is 15.7 Å². The summed E-state index contributed by atoms with van der Waals surface area (Å²) >= 11 is 0. The Kier molecular flexibility index (Phi) is 7.70. The molecule has 1 heterocycles. The van der Waals surface area contributed by atoms with Crippen LogP contribution in [0.3, 0.4) is 0 Å². The molecule has 3 aromatic rings. The molecule has 0 radical (unpaired) electrons. The van der Waals surface area contributed by atoms with E-state index < -0.39 is 46.9 Å². The van der Waals surface area contributed by atoms with Crippen LogP contribution in [0.25, 0.3) is 22.3 Å². The second kappa shape index (κ2) is 10.6. The van der Waals surface area contributed by atoms with E-state index in [4.69, 9.17) is 9.47 Å². The van der Waals surface area contributed by atoms with Gasteiger partial charge in [-0.25, -0.2) is 17.6 Å². The molecule has 0 amide bonds. The minimum atomic E-state index is -5.23. The van der Waals surface area contributed by atoms with Crippen molar-refractivity contribution in [2.24, 2.45) is 5.92 Å². The Bertz CT molecular complexity index is 1210. The van der Waals surface area contributed by atoms with Crippen LogP contribution in [0.2, 0.25) is 0 Å². The molecule has 2 nitrogen and oxygen atoms in total. The van der Waals surface area contributed by atoms with E-state index in [-0.39, 0.29) is 16.7 Å². The highest BCUT2D eigenvalue weighted by atomic mass is 19.4. The van der Waals surface area contributed by atoms with E-state index in [1.54, 1.807) is 6.07 Å². The Morgan fingerprint density at radius 1 is 0.750 bits per heavy atom. The Morgan fingerprint density at radius 2 is 1.31 bits per heavy atom. The highest BCUT2D eigenvalue weighted by Crippen LogP contribution is 2.37. The molecule has 1 aliphatic rings. The summed E-state index contributed by atoms with van der Waals surface area (Å²) in [6, 6.07) is 8.49. The molecule has 1 fully saturated rings. The zero-order valence-corrected chi connectivity index (χ0v) is 19.3. The molecule has 1 saturated heterocycles. The third-order valence-electron chi connectivity index (χ3n) is 6.11. The topological polar surface area (TPSA) is 18.5 Å². The third kappa shape index (κ3) is 5.57. The number of hydrogen-bond acceptors (Lipinski definition) is 2. The molecule has 9 heteroatoms. The first-order chi connectivity index (χ1) is 17.1. The fraction of sp³-hybridized carbons (Fsp3) is 0.333. The van der Waals surface area contributed by atoms with Gasteiger partial charge in [-0.2, -0.15) is 13.2 Å². The van der Waals surface area contributed by atoms with Crippen LogP contribution in [0.4, 0.5) is 30.7 Å². The van der Waals surface area contributed by atoms with Crippen molar-refractivity contribution < 1.29 is 40.2 Å². The van der Waals surface area contributed by atoms with Crippen LogP contribution in [0.15, 0.2) is 48.5 Å². The van der Waals surface area contributed by atoms with E-state index in [9.17, 15) is 30.7 Å². The highest BCUT2D eigenvalue weighted by Gasteiger charge is 2.38. The van der Waals surface area contributed by atoms with Gasteiger partial charge in [-0.05, 0) is 41.8 Å². The van der Waals surface area contributed by atoms with Gasteiger partial charge in [0.05, 0.1) is 13.2 Å². The Labute approximate surface area is 203 Å². The zero-order valence-electron chi connectivity index (χ0n) is 19.3. The van der Waals surface area contributed by atoms with Gasteiger partial charge in [0.1, 0.15) is 28.8 Å². The van der Waals surface area contributed by atoms with Gasteiger partial charge in [-0.3, -0.25) is 0 Å². The first-order valence-corrected chi connectivity index (χ1v) is 11.5. The first kappa shape index (κ1) is 26.2. The second-order valence-corrected chi connectivity index (χ2v) is 8.75. The SMILES string of the molecule is CCCCC1COC(c2ccc(-c3ccc(-c4cc(F)c(C(F)(F)F)c(F)c4)c(F)c3)c(F)c2)OC1. The van der Waals surface area contributed by atoms with Gasteiger partial charge in [-0.15, -0.1) is 0 Å². The Hall–Kier alpha value is -2.91. The molecular weight excluding hydrogens is 489 g/mol. The molecular formula is C27H23F7O2. The van der Waals surface area contributed by atoms with Crippen molar-refractivity contribution in [3.63, 3.8) is 0 Å². The third-order valence-corrected chi connectivity index (χ3v) is 6.11. The lowest BCUT2D eigenvalue weighted by molar-refractivity contribution is -0.206. The molecule has 0 atom stereocenters. The van der Waals surface area contributed by atoms with E-state index in [2.05, 4.69) is 6.92 Å². The normalized spacial score (nSPS) is 18.4. The fourth-order valence-electron chi connectivity index (χ4n) is 4.22. The molecule has 1 aliphatic heterocycles. The molecule has 0 bridgehead atoms. The molecule has 0 N–H and O–H groups in total. The van der Waals surface area contributed by atoms with Crippen LogP contribution >= 0.6 is 0 Å². The first-order valence-electron chi connectivity index (χ1n) is 11.5. The van der Waals surface area contributed by atoms with Gasteiger partial charge in [0.25, 0.3) is 0 Å². The Morgan fingerprint density at radius 3 is 1.86 bits per heavy atom. The van der Waals surface area contributed by atoms with Crippen LogP contribution < -0.4 is 0 Å². The summed E-state index contributed by atoms with van der Waals surface area (Å²) in [5, 5.41) is 0. The van der Waals surface area contributed by atoms with Crippen molar-refractivity contribution in [1.29, 1.82) is 0 Å². The second-order valence-electron chi connectivity index (χ2n) is 8.75. The number of rotatable bonds is 6. The van der Waals surface area contributed by atoms with Crippen molar-refractivity contribution in [2.45, 2.75) is 38.7 Å². The summed E-state index contributed by atoms with van der Waals surface area (Å²) in [5.74, 6) is -5.06. The molecule has 4 rings (SSSR count). The smallest absolute Gasteiger partial charge is 0.348 e. The molecule has 0 saturated carbocycles. The van der Waals surface area contributed by atoms with E-state index >= 15 is 0 Å². The molecule has 3 aromatic carbocycles. The van der Waals surface area contributed by atoms with Crippen LogP contribution in [0.1, 0.15) is 43.6 Å². The summed E-state index contributed by atoms with van der Waals surface area (Å²) in [4.78, 5) is 0. The molecule has 36 heavy (non-hydrogen) atoms. The summed E-state index contributed by atoms with van der Waals surface area (Å²) in [6.07, 6.45) is -2.81. The van der Waals surface area contributed by atoms with Gasteiger partial charge in [0.2, 0.25) is 0 Å². The average Bonchev–Trinajstić information content (AvgIpc) is 2.81. The summed E-state index contributed by atoms with van der Waals surface area (Å²) in [5.41, 5.74) is -2.12.